The van der Waals surface area contributed by atoms with E-state index in [1.807, 2.05) is 29.5 Å². The predicted octanol–water partition coefficient (Wildman–Crippen LogP) is 3.57. The van der Waals surface area contributed by atoms with Crippen LogP contribution in [-0.4, -0.2) is 45.8 Å². The molecule has 0 bridgehead atoms. The average Bonchev–Trinajstić information content (AvgIpc) is 3.54. The van der Waals surface area contributed by atoms with E-state index in [9.17, 15) is 9.18 Å². The third-order valence-electron chi connectivity index (χ3n) is 7.12. The predicted molar refractivity (Wildman–Crippen MR) is 131 cm³/mol. The van der Waals surface area contributed by atoms with Gasteiger partial charge in [-0.1, -0.05) is 6.07 Å². The van der Waals surface area contributed by atoms with Gasteiger partial charge in [-0.15, -0.1) is 10.2 Å². The second-order valence-corrected chi connectivity index (χ2v) is 9.26. The van der Waals surface area contributed by atoms with E-state index in [-0.39, 0.29) is 17.6 Å². The van der Waals surface area contributed by atoms with Crippen LogP contribution in [-0.2, 0) is 24.1 Å². The molecule has 1 aromatic carbocycles. The summed E-state index contributed by atoms with van der Waals surface area (Å²) in [5, 5.41) is 11.2. The number of nitrogens with zero attached hydrogens (tertiary/aromatic N) is 4. The van der Waals surface area contributed by atoms with Gasteiger partial charge in [0.2, 0.25) is 5.91 Å². The van der Waals surface area contributed by atoms with Gasteiger partial charge in [-0.2, -0.15) is 0 Å². The van der Waals surface area contributed by atoms with Gasteiger partial charge in [0, 0.05) is 41.5 Å². The van der Waals surface area contributed by atoms with Crippen molar-refractivity contribution in [2.45, 2.75) is 38.5 Å². The summed E-state index contributed by atoms with van der Waals surface area (Å²) in [6.07, 6.45) is 3.73. The fourth-order valence-electron chi connectivity index (χ4n) is 5.27. The molecule has 0 unspecified atom stereocenters. The largest absolute Gasteiger partial charge is 0.493 e. The van der Waals surface area contributed by atoms with Gasteiger partial charge in [-0.05, 0) is 56.0 Å². The molecular formula is C27H26FN5O3. The zero-order chi connectivity index (χ0) is 24.8. The van der Waals surface area contributed by atoms with Crippen LogP contribution in [0.4, 0.5) is 4.39 Å². The Hall–Kier alpha value is -4.01. The fraction of sp³-hybridized carbons (Fsp3) is 0.333. The maximum atomic E-state index is 14.9. The van der Waals surface area contributed by atoms with E-state index in [0.717, 1.165) is 45.3 Å². The van der Waals surface area contributed by atoms with Crippen LogP contribution >= 0.6 is 0 Å². The summed E-state index contributed by atoms with van der Waals surface area (Å²) in [6.45, 7) is 2.81. The summed E-state index contributed by atoms with van der Waals surface area (Å²) in [6, 6.07) is 9.15. The molecule has 9 heteroatoms. The van der Waals surface area contributed by atoms with E-state index < -0.39 is 0 Å². The smallest absolute Gasteiger partial charge is 0.220 e. The molecule has 5 heterocycles. The van der Waals surface area contributed by atoms with Gasteiger partial charge in [0.25, 0.3) is 0 Å². The third-order valence-corrected chi connectivity index (χ3v) is 7.12. The quantitative estimate of drug-likeness (QED) is 0.473. The van der Waals surface area contributed by atoms with E-state index in [4.69, 9.17) is 14.5 Å². The SMILES string of the molecule is CNC(=O)CCc1ccc(-c2cc3c(n4cnnc24)CCc2c(F)ccc4c2[C@H](CO4)CO3)c(C)n1. The first kappa shape index (κ1) is 22.5. The number of carbonyl (C=O) groups is 1. The summed E-state index contributed by atoms with van der Waals surface area (Å²) in [4.78, 5) is 16.4. The van der Waals surface area contributed by atoms with Crippen molar-refractivity contribution in [3.05, 3.63) is 70.7 Å². The van der Waals surface area contributed by atoms with Crippen molar-refractivity contribution in [1.82, 2.24) is 24.9 Å². The second-order valence-electron chi connectivity index (χ2n) is 9.26. The van der Waals surface area contributed by atoms with Crippen LogP contribution in [0.1, 0.15) is 40.5 Å². The normalized spacial score (nSPS) is 16.2. The zero-order valence-corrected chi connectivity index (χ0v) is 20.2. The molecule has 0 fully saturated rings. The molecule has 0 saturated heterocycles. The van der Waals surface area contributed by atoms with Crippen LogP contribution in [0.5, 0.6) is 11.5 Å². The highest BCUT2D eigenvalue weighted by Crippen LogP contribution is 2.41. The molecule has 6 rings (SSSR count). The maximum absolute atomic E-state index is 14.9. The molecule has 2 aliphatic rings. The minimum absolute atomic E-state index is 0.0137. The summed E-state index contributed by atoms with van der Waals surface area (Å²) in [7, 11) is 1.63. The fourth-order valence-corrected chi connectivity index (χ4v) is 5.27. The molecule has 3 aromatic heterocycles. The van der Waals surface area contributed by atoms with Gasteiger partial charge in [0.05, 0.1) is 24.8 Å². The Morgan fingerprint density at radius 1 is 1.14 bits per heavy atom. The molecule has 8 nitrogen and oxygen atoms in total. The van der Waals surface area contributed by atoms with Crippen molar-refractivity contribution in [3.8, 4) is 22.6 Å². The molecule has 0 radical (unpaired) electrons. The van der Waals surface area contributed by atoms with Crippen molar-refractivity contribution in [2.75, 3.05) is 20.3 Å². The third kappa shape index (κ3) is 3.75. The lowest BCUT2D eigenvalue weighted by molar-refractivity contribution is -0.120. The molecule has 4 aromatic rings. The summed E-state index contributed by atoms with van der Waals surface area (Å²) < 4.78 is 29.0. The number of halogens is 1. The van der Waals surface area contributed by atoms with E-state index in [1.165, 1.54) is 6.07 Å². The number of nitrogens with one attached hydrogen (secondary N) is 1. The first-order valence-electron chi connectivity index (χ1n) is 12.1. The lowest BCUT2D eigenvalue weighted by atomic mass is 9.93. The molecule has 0 spiro atoms. The molecule has 1 atom stereocenters. The van der Waals surface area contributed by atoms with Gasteiger partial charge in [-0.25, -0.2) is 4.39 Å². The van der Waals surface area contributed by atoms with Crippen molar-refractivity contribution in [1.29, 1.82) is 0 Å². The summed E-state index contributed by atoms with van der Waals surface area (Å²) in [5.74, 6) is 1.23. The molecule has 184 valence electrons. The number of hydrogen-bond acceptors (Lipinski definition) is 6. The number of pyridine rings is 2. The maximum Gasteiger partial charge on any atom is 0.220 e. The standard InChI is InChI=1S/C27H26FN5O3/c1-15-18(5-3-17(31-15)4-10-25(34)29-2)20-11-24-22(33-14-30-32-27(20)33)8-6-19-21(28)7-9-23-26(19)16(12-35-23)13-36-24/h3,5,7,9,11,14,16H,4,6,8,10,12-13H2,1-2H3,(H,29,34)/t16-/m1/s1. The Kier molecular flexibility index (Phi) is 5.55. The second kappa shape index (κ2) is 8.89. The van der Waals surface area contributed by atoms with Crippen LogP contribution < -0.4 is 14.8 Å². The van der Waals surface area contributed by atoms with Crippen LogP contribution in [0, 0.1) is 12.7 Å². The highest BCUT2D eigenvalue weighted by atomic mass is 19.1. The number of benzene rings is 1. The molecule has 2 aliphatic heterocycles. The average molecular weight is 488 g/mol. The zero-order valence-electron chi connectivity index (χ0n) is 20.2. The van der Waals surface area contributed by atoms with Gasteiger partial charge < -0.3 is 14.8 Å². The number of aryl methyl sites for hydroxylation is 3. The Bertz CT molecular complexity index is 1500. The summed E-state index contributed by atoms with van der Waals surface area (Å²) in [5.41, 5.74) is 6.70. The van der Waals surface area contributed by atoms with Crippen LogP contribution in [0.3, 0.4) is 0 Å². The van der Waals surface area contributed by atoms with Crippen molar-refractivity contribution >= 4 is 11.6 Å². The van der Waals surface area contributed by atoms with E-state index in [2.05, 4.69) is 15.5 Å². The molecule has 36 heavy (non-hydrogen) atoms. The number of amides is 1. The number of aromatic nitrogens is 4. The van der Waals surface area contributed by atoms with Gasteiger partial charge >= 0.3 is 0 Å². The lowest BCUT2D eigenvalue weighted by Crippen LogP contribution is -2.18. The molecular weight excluding hydrogens is 461 g/mol. The van der Waals surface area contributed by atoms with Gasteiger partial charge in [0.1, 0.15) is 23.6 Å². The first-order valence-corrected chi connectivity index (χ1v) is 12.1. The summed E-state index contributed by atoms with van der Waals surface area (Å²) >= 11 is 0. The Labute approximate surface area is 207 Å². The van der Waals surface area contributed by atoms with Crippen molar-refractivity contribution in [2.24, 2.45) is 0 Å². The molecule has 0 saturated carbocycles. The van der Waals surface area contributed by atoms with E-state index >= 15 is 0 Å². The van der Waals surface area contributed by atoms with Crippen molar-refractivity contribution < 1.29 is 18.7 Å². The molecule has 1 amide bonds. The van der Waals surface area contributed by atoms with Crippen molar-refractivity contribution in [3.63, 3.8) is 0 Å². The minimum atomic E-state index is -0.206. The Balaban J connectivity index is 1.40. The monoisotopic (exact) mass is 487 g/mol. The van der Waals surface area contributed by atoms with Gasteiger partial charge in [-0.3, -0.25) is 14.2 Å². The van der Waals surface area contributed by atoms with Crippen LogP contribution in [0.15, 0.2) is 36.7 Å². The number of fused-ring (bicyclic) bond motifs is 3. The lowest BCUT2D eigenvalue weighted by Gasteiger charge is -2.17. The van der Waals surface area contributed by atoms with Crippen LogP contribution in [0.2, 0.25) is 0 Å². The number of rotatable bonds is 4. The number of ether oxygens (including phenoxy) is 2. The van der Waals surface area contributed by atoms with Gasteiger partial charge in [0.15, 0.2) is 5.65 Å². The minimum Gasteiger partial charge on any atom is -0.493 e. The first-order chi connectivity index (χ1) is 17.5. The molecule has 0 aliphatic carbocycles. The highest BCUT2D eigenvalue weighted by molar-refractivity contribution is 5.80. The highest BCUT2D eigenvalue weighted by Gasteiger charge is 2.31. The number of carbonyl (C=O) groups excluding carboxylic acids is 1. The Morgan fingerprint density at radius 3 is 2.78 bits per heavy atom. The van der Waals surface area contributed by atoms with Crippen LogP contribution in [0.25, 0.3) is 16.8 Å². The van der Waals surface area contributed by atoms with E-state index in [0.29, 0.717) is 50.1 Å². The number of hydrogen-bond donors (Lipinski definition) is 1. The van der Waals surface area contributed by atoms with E-state index in [1.54, 1.807) is 19.4 Å². The molecule has 1 N–H and O–H groups in total. The Morgan fingerprint density at radius 2 is 1.97 bits per heavy atom. The topological polar surface area (TPSA) is 90.6 Å².